The molecule has 1 aliphatic rings. The molecule has 0 amide bonds. The number of anilines is 1. The molecule has 1 fully saturated rings. The first-order valence-electron chi connectivity index (χ1n) is 7.60. The van der Waals surface area contributed by atoms with Crippen molar-refractivity contribution in [3.8, 4) is 5.75 Å². The van der Waals surface area contributed by atoms with E-state index in [0.29, 0.717) is 24.7 Å². The molecule has 0 spiro atoms. The molecule has 0 saturated heterocycles. The Bertz CT molecular complexity index is 400. The number of benzene rings is 1. The van der Waals surface area contributed by atoms with Gasteiger partial charge in [0.1, 0.15) is 12.4 Å². The van der Waals surface area contributed by atoms with E-state index in [0.717, 1.165) is 5.75 Å². The summed E-state index contributed by atoms with van der Waals surface area (Å²) in [5, 5.41) is 3.69. The Morgan fingerprint density at radius 1 is 1.15 bits per heavy atom. The first kappa shape index (κ1) is 15.2. The van der Waals surface area contributed by atoms with Crippen LogP contribution >= 0.6 is 0 Å². The van der Waals surface area contributed by atoms with Crippen molar-refractivity contribution in [2.24, 2.45) is 5.41 Å². The average molecular weight is 277 g/mol. The molecule has 1 aromatic rings. The highest BCUT2D eigenvalue weighted by molar-refractivity contribution is 5.47. The number of methoxy groups -OCH3 is 1. The number of ether oxygens (including phenoxy) is 2. The summed E-state index contributed by atoms with van der Waals surface area (Å²) in [5.41, 5.74) is 1.57. The summed E-state index contributed by atoms with van der Waals surface area (Å²) in [6, 6.07) is 8.82. The van der Waals surface area contributed by atoms with E-state index < -0.39 is 0 Å². The van der Waals surface area contributed by atoms with Crippen molar-refractivity contribution in [2.75, 3.05) is 25.6 Å². The third kappa shape index (κ3) is 4.14. The summed E-state index contributed by atoms with van der Waals surface area (Å²) >= 11 is 0. The summed E-state index contributed by atoms with van der Waals surface area (Å²) in [7, 11) is 1.68. The molecule has 20 heavy (non-hydrogen) atoms. The van der Waals surface area contributed by atoms with Gasteiger partial charge in [-0.05, 0) is 42.5 Å². The lowest BCUT2D eigenvalue weighted by atomic mass is 9.73. The van der Waals surface area contributed by atoms with Gasteiger partial charge in [0, 0.05) is 18.8 Å². The average Bonchev–Trinajstić information content (AvgIpc) is 2.43. The Morgan fingerprint density at radius 3 is 2.55 bits per heavy atom. The minimum absolute atomic E-state index is 0.381. The molecule has 0 radical (unpaired) electrons. The highest BCUT2D eigenvalue weighted by atomic mass is 16.5. The maximum atomic E-state index is 5.58. The molecule has 2 rings (SSSR count). The first-order chi connectivity index (χ1) is 9.62. The van der Waals surface area contributed by atoms with Crippen LogP contribution < -0.4 is 10.1 Å². The Balaban J connectivity index is 1.89. The normalized spacial score (nSPS) is 21.4. The number of hydrogen-bond donors (Lipinski definition) is 1. The molecule has 0 aromatic heterocycles. The highest BCUT2D eigenvalue weighted by Crippen LogP contribution is 2.37. The molecule has 0 bridgehead atoms. The maximum absolute atomic E-state index is 5.58. The second kappa shape index (κ2) is 6.98. The van der Waals surface area contributed by atoms with Gasteiger partial charge in [0.15, 0.2) is 0 Å². The minimum atomic E-state index is 0.381. The smallest absolute Gasteiger partial charge is 0.119 e. The predicted molar refractivity (Wildman–Crippen MR) is 83.5 cm³/mol. The summed E-state index contributed by atoms with van der Waals surface area (Å²) in [4.78, 5) is 0. The number of hydrogen-bond acceptors (Lipinski definition) is 3. The standard InChI is InChI=1S/C17H27NO2/c1-17(2)11-5-4-6-16(17)18-14-7-9-15(10-8-14)20-13-12-19-3/h7-10,16,18H,4-6,11-13H2,1-3H3. The van der Waals surface area contributed by atoms with Crippen LogP contribution in [-0.4, -0.2) is 26.4 Å². The lowest BCUT2D eigenvalue weighted by Gasteiger charge is -2.39. The van der Waals surface area contributed by atoms with Crippen molar-refractivity contribution in [3.63, 3.8) is 0 Å². The molecule has 3 nitrogen and oxygen atoms in total. The van der Waals surface area contributed by atoms with Gasteiger partial charge in [-0.25, -0.2) is 0 Å². The second-order valence-electron chi connectivity index (χ2n) is 6.30. The van der Waals surface area contributed by atoms with Crippen LogP contribution in [0.2, 0.25) is 0 Å². The fourth-order valence-corrected chi connectivity index (χ4v) is 2.85. The lowest BCUT2D eigenvalue weighted by Crippen LogP contribution is -2.38. The van der Waals surface area contributed by atoms with Gasteiger partial charge >= 0.3 is 0 Å². The SMILES string of the molecule is COCCOc1ccc(NC2CCCCC2(C)C)cc1. The topological polar surface area (TPSA) is 30.5 Å². The largest absolute Gasteiger partial charge is 0.491 e. The Hall–Kier alpha value is -1.22. The molecule has 1 N–H and O–H groups in total. The zero-order valence-corrected chi connectivity index (χ0v) is 12.9. The van der Waals surface area contributed by atoms with Gasteiger partial charge in [-0.3, -0.25) is 0 Å². The Labute approximate surface area is 122 Å². The van der Waals surface area contributed by atoms with Gasteiger partial charge in [0.2, 0.25) is 0 Å². The molecular weight excluding hydrogens is 250 g/mol. The van der Waals surface area contributed by atoms with Crippen molar-refractivity contribution in [3.05, 3.63) is 24.3 Å². The zero-order valence-electron chi connectivity index (χ0n) is 12.9. The molecule has 0 aliphatic heterocycles. The van der Waals surface area contributed by atoms with Crippen LogP contribution in [0.4, 0.5) is 5.69 Å². The summed E-state index contributed by atoms with van der Waals surface area (Å²) < 4.78 is 10.6. The summed E-state index contributed by atoms with van der Waals surface area (Å²) in [6.07, 6.45) is 5.26. The van der Waals surface area contributed by atoms with E-state index in [2.05, 4.69) is 31.3 Å². The Morgan fingerprint density at radius 2 is 1.90 bits per heavy atom. The van der Waals surface area contributed by atoms with E-state index in [1.165, 1.54) is 31.4 Å². The summed E-state index contributed by atoms with van der Waals surface area (Å²) in [6.45, 7) is 5.95. The van der Waals surface area contributed by atoms with Gasteiger partial charge in [0.05, 0.1) is 6.61 Å². The van der Waals surface area contributed by atoms with Crippen LogP contribution in [0.25, 0.3) is 0 Å². The zero-order chi connectivity index (χ0) is 14.4. The fraction of sp³-hybridized carbons (Fsp3) is 0.647. The molecule has 1 aromatic carbocycles. The second-order valence-corrected chi connectivity index (χ2v) is 6.30. The monoisotopic (exact) mass is 277 g/mol. The molecule has 1 atom stereocenters. The van der Waals surface area contributed by atoms with Gasteiger partial charge < -0.3 is 14.8 Å². The Kier molecular flexibility index (Phi) is 5.30. The van der Waals surface area contributed by atoms with Crippen LogP contribution in [0.5, 0.6) is 5.75 Å². The molecule has 0 heterocycles. The van der Waals surface area contributed by atoms with E-state index in [-0.39, 0.29) is 0 Å². The van der Waals surface area contributed by atoms with Gasteiger partial charge in [-0.15, -0.1) is 0 Å². The molecule has 112 valence electrons. The quantitative estimate of drug-likeness (QED) is 0.794. The van der Waals surface area contributed by atoms with E-state index in [4.69, 9.17) is 9.47 Å². The molecule has 3 heteroatoms. The summed E-state index contributed by atoms with van der Waals surface area (Å²) in [5.74, 6) is 0.899. The number of nitrogens with one attached hydrogen (secondary N) is 1. The minimum Gasteiger partial charge on any atom is -0.491 e. The van der Waals surface area contributed by atoms with Crippen molar-refractivity contribution < 1.29 is 9.47 Å². The maximum Gasteiger partial charge on any atom is 0.119 e. The van der Waals surface area contributed by atoms with Crippen molar-refractivity contribution in [2.45, 2.75) is 45.6 Å². The van der Waals surface area contributed by atoms with Gasteiger partial charge in [-0.2, -0.15) is 0 Å². The van der Waals surface area contributed by atoms with E-state index in [9.17, 15) is 0 Å². The van der Waals surface area contributed by atoms with Crippen LogP contribution in [-0.2, 0) is 4.74 Å². The van der Waals surface area contributed by atoms with Crippen molar-refractivity contribution >= 4 is 5.69 Å². The third-order valence-electron chi connectivity index (χ3n) is 4.26. The predicted octanol–water partition coefficient (Wildman–Crippen LogP) is 4.09. The lowest BCUT2D eigenvalue weighted by molar-refractivity contribution is 0.146. The molecule has 1 unspecified atom stereocenters. The third-order valence-corrected chi connectivity index (χ3v) is 4.26. The van der Waals surface area contributed by atoms with Crippen molar-refractivity contribution in [1.82, 2.24) is 0 Å². The van der Waals surface area contributed by atoms with E-state index >= 15 is 0 Å². The number of rotatable bonds is 6. The molecule has 1 aliphatic carbocycles. The van der Waals surface area contributed by atoms with E-state index in [1.807, 2.05) is 12.1 Å². The van der Waals surface area contributed by atoms with Gasteiger partial charge in [0.25, 0.3) is 0 Å². The van der Waals surface area contributed by atoms with Crippen LogP contribution in [0.3, 0.4) is 0 Å². The van der Waals surface area contributed by atoms with Crippen LogP contribution in [0.1, 0.15) is 39.5 Å². The van der Waals surface area contributed by atoms with Crippen molar-refractivity contribution in [1.29, 1.82) is 0 Å². The van der Waals surface area contributed by atoms with Crippen LogP contribution in [0.15, 0.2) is 24.3 Å². The van der Waals surface area contributed by atoms with Gasteiger partial charge in [-0.1, -0.05) is 26.7 Å². The molecule has 1 saturated carbocycles. The fourth-order valence-electron chi connectivity index (χ4n) is 2.85. The first-order valence-corrected chi connectivity index (χ1v) is 7.60. The highest BCUT2D eigenvalue weighted by Gasteiger charge is 2.31. The van der Waals surface area contributed by atoms with E-state index in [1.54, 1.807) is 7.11 Å². The molecular formula is C17H27NO2. The van der Waals surface area contributed by atoms with Crippen LogP contribution in [0, 0.1) is 5.41 Å².